The molecular formula is C24H26F3N9O. The van der Waals surface area contributed by atoms with Gasteiger partial charge >= 0.3 is 0 Å². The van der Waals surface area contributed by atoms with Gasteiger partial charge in [-0.05, 0) is 35.5 Å². The molecule has 1 unspecified atom stereocenters. The summed E-state index contributed by atoms with van der Waals surface area (Å²) < 4.78 is 42.7. The Morgan fingerprint density at radius 1 is 0.919 bits per heavy atom. The van der Waals surface area contributed by atoms with Crippen LogP contribution in [0, 0.1) is 17.5 Å². The zero-order valence-corrected chi connectivity index (χ0v) is 20.0. The van der Waals surface area contributed by atoms with E-state index in [0.29, 0.717) is 12.2 Å². The van der Waals surface area contributed by atoms with Crippen LogP contribution in [-0.4, -0.2) is 77.7 Å². The van der Waals surface area contributed by atoms with Gasteiger partial charge in [0.2, 0.25) is 0 Å². The van der Waals surface area contributed by atoms with E-state index in [1.54, 1.807) is 12.1 Å². The van der Waals surface area contributed by atoms with Crippen molar-refractivity contribution in [3.05, 3.63) is 84.0 Å². The number of benzene rings is 2. The predicted octanol–water partition coefficient (Wildman–Crippen LogP) is 1.63. The summed E-state index contributed by atoms with van der Waals surface area (Å²) >= 11 is 0. The van der Waals surface area contributed by atoms with Crippen molar-refractivity contribution in [2.75, 3.05) is 37.6 Å². The lowest BCUT2D eigenvalue weighted by Crippen LogP contribution is -2.47. The van der Waals surface area contributed by atoms with Gasteiger partial charge in [-0.2, -0.15) is 9.90 Å². The van der Waals surface area contributed by atoms with Crippen LogP contribution >= 0.6 is 0 Å². The molecule has 5 rings (SSSR count). The summed E-state index contributed by atoms with van der Waals surface area (Å²) in [5.74, 6) is -1.39. The molecule has 0 amide bonds. The number of hydrogen-bond donors (Lipinski definition) is 1. The molecule has 194 valence electrons. The summed E-state index contributed by atoms with van der Waals surface area (Å²) in [5, 5.41) is 27.9. The van der Waals surface area contributed by atoms with Gasteiger partial charge in [-0.1, -0.05) is 6.07 Å². The largest absolute Gasteiger partial charge is 0.381 e. The molecular weight excluding hydrogens is 487 g/mol. The van der Waals surface area contributed by atoms with Crippen molar-refractivity contribution in [1.29, 1.82) is 0 Å². The second kappa shape index (κ2) is 10.6. The summed E-state index contributed by atoms with van der Waals surface area (Å²) in [6.45, 7) is 3.68. The Morgan fingerprint density at radius 3 is 2.38 bits per heavy atom. The van der Waals surface area contributed by atoms with Gasteiger partial charge < -0.3 is 10.0 Å². The van der Waals surface area contributed by atoms with Crippen LogP contribution in [0.15, 0.2) is 55.1 Å². The van der Waals surface area contributed by atoms with Crippen molar-refractivity contribution in [2.45, 2.75) is 25.1 Å². The molecule has 0 radical (unpaired) electrons. The molecule has 1 saturated heterocycles. The highest BCUT2D eigenvalue weighted by Crippen LogP contribution is 2.28. The van der Waals surface area contributed by atoms with Gasteiger partial charge in [-0.3, -0.25) is 4.90 Å². The second-order valence-corrected chi connectivity index (χ2v) is 9.04. The molecule has 1 atom stereocenters. The molecule has 4 aromatic rings. The van der Waals surface area contributed by atoms with Crippen molar-refractivity contribution < 1.29 is 18.3 Å². The molecule has 0 spiro atoms. The Hall–Kier alpha value is -3.84. The molecule has 0 bridgehead atoms. The van der Waals surface area contributed by atoms with E-state index in [-0.39, 0.29) is 24.5 Å². The maximum atomic E-state index is 14.6. The molecule has 2 aromatic heterocycles. The van der Waals surface area contributed by atoms with E-state index in [1.807, 2.05) is 0 Å². The SMILES string of the molecule is OC(Cn1cncn1)(Cn1nnc(CCN2CCN(c3ccc(F)cc3)CC2)n1)c1ccc(F)cc1F. The van der Waals surface area contributed by atoms with E-state index in [4.69, 9.17) is 0 Å². The van der Waals surface area contributed by atoms with Crippen molar-refractivity contribution >= 4 is 5.69 Å². The lowest BCUT2D eigenvalue weighted by Gasteiger charge is -2.36. The van der Waals surface area contributed by atoms with E-state index in [0.717, 1.165) is 50.5 Å². The third-order valence-electron chi connectivity index (χ3n) is 6.44. The van der Waals surface area contributed by atoms with Gasteiger partial charge in [0.1, 0.15) is 35.7 Å². The molecule has 1 aliphatic rings. The molecule has 10 nitrogen and oxygen atoms in total. The normalized spacial score (nSPS) is 16.2. The number of aliphatic hydroxyl groups is 1. The van der Waals surface area contributed by atoms with Crippen LogP contribution in [0.2, 0.25) is 0 Å². The highest BCUT2D eigenvalue weighted by Gasteiger charge is 2.35. The monoisotopic (exact) mass is 513 g/mol. The number of tetrazole rings is 1. The number of aromatic nitrogens is 7. The van der Waals surface area contributed by atoms with Gasteiger partial charge in [-0.15, -0.1) is 10.2 Å². The highest BCUT2D eigenvalue weighted by atomic mass is 19.1. The molecule has 1 aliphatic heterocycles. The Balaban J connectivity index is 1.20. The fourth-order valence-electron chi connectivity index (χ4n) is 4.49. The summed E-state index contributed by atoms with van der Waals surface area (Å²) in [6, 6.07) is 9.51. The zero-order chi connectivity index (χ0) is 25.8. The topological polar surface area (TPSA) is 101 Å². The third-order valence-corrected chi connectivity index (χ3v) is 6.44. The van der Waals surface area contributed by atoms with E-state index in [9.17, 15) is 18.3 Å². The average molecular weight is 514 g/mol. The van der Waals surface area contributed by atoms with E-state index in [2.05, 4.69) is 35.3 Å². The first-order valence-corrected chi connectivity index (χ1v) is 11.9. The highest BCUT2D eigenvalue weighted by molar-refractivity contribution is 5.46. The minimum absolute atomic E-state index is 0.109. The Labute approximate surface area is 211 Å². The lowest BCUT2D eigenvalue weighted by molar-refractivity contribution is -0.0125. The summed E-state index contributed by atoms with van der Waals surface area (Å²) in [6.07, 6.45) is 3.23. The molecule has 2 aromatic carbocycles. The molecule has 0 aliphatic carbocycles. The second-order valence-electron chi connectivity index (χ2n) is 9.04. The summed E-state index contributed by atoms with van der Waals surface area (Å²) in [7, 11) is 0. The zero-order valence-electron chi connectivity index (χ0n) is 20.0. The van der Waals surface area contributed by atoms with E-state index in [1.165, 1.54) is 40.3 Å². The molecule has 0 saturated carbocycles. The van der Waals surface area contributed by atoms with Crippen molar-refractivity contribution in [3.8, 4) is 0 Å². The van der Waals surface area contributed by atoms with Crippen LogP contribution in [0.5, 0.6) is 0 Å². The molecule has 37 heavy (non-hydrogen) atoms. The number of hydrogen-bond acceptors (Lipinski definition) is 8. The molecule has 13 heteroatoms. The van der Waals surface area contributed by atoms with E-state index < -0.39 is 17.2 Å². The van der Waals surface area contributed by atoms with Crippen molar-refractivity contribution in [3.63, 3.8) is 0 Å². The smallest absolute Gasteiger partial charge is 0.176 e. The third kappa shape index (κ3) is 5.94. The molecule has 1 fully saturated rings. The quantitative estimate of drug-likeness (QED) is 0.361. The Bertz CT molecular complexity index is 1310. The standard InChI is InChI=1S/C24H26F3N9O/c25-18-1-4-20(5-2-18)34-11-9-33(10-12-34)8-7-23-30-32-36(31-23)15-24(37,14-35-17-28-16-29-35)21-6-3-19(26)13-22(21)27/h1-6,13,16-17,37H,7-12,14-15H2. The lowest BCUT2D eigenvalue weighted by atomic mass is 9.93. The predicted molar refractivity (Wildman–Crippen MR) is 127 cm³/mol. The number of nitrogens with zero attached hydrogens (tertiary/aromatic N) is 9. The van der Waals surface area contributed by atoms with Crippen LogP contribution in [0.4, 0.5) is 18.9 Å². The number of piperazine rings is 1. The Morgan fingerprint density at radius 2 is 1.68 bits per heavy atom. The van der Waals surface area contributed by atoms with Crippen LogP contribution in [0.3, 0.4) is 0 Å². The van der Waals surface area contributed by atoms with Crippen molar-refractivity contribution in [2.24, 2.45) is 0 Å². The summed E-state index contributed by atoms with van der Waals surface area (Å²) in [5.41, 5.74) is -0.941. The van der Waals surface area contributed by atoms with Crippen molar-refractivity contribution in [1.82, 2.24) is 39.9 Å². The first-order chi connectivity index (χ1) is 17.9. The average Bonchev–Trinajstić information content (AvgIpc) is 3.55. The van der Waals surface area contributed by atoms with Crippen LogP contribution < -0.4 is 4.90 Å². The maximum Gasteiger partial charge on any atom is 0.176 e. The minimum atomic E-state index is -1.83. The fourth-order valence-corrected chi connectivity index (χ4v) is 4.49. The minimum Gasteiger partial charge on any atom is -0.381 e. The number of halogens is 3. The van der Waals surface area contributed by atoms with Gasteiger partial charge in [-0.25, -0.2) is 22.8 Å². The van der Waals surface area contributed by atoms with Gasteiger partial charge in [0.25, 0.3) is 0 Å². The number of rotatable bonds is 9. The molecule has 1 N–H and O–H groups in total. The van der Waals surface area contributed by atoms with Crippen LogP contribution in [0.25, 0.3) is 0 Å². The van der Waals surface area contributed by atoms with Gasteiger partial charge in [0.15, 0.2) is 5.82 Å². The van der Waals surface area contributed by atoms with Gasteiger partial charge in [0, 0.05) is 56.5 Å². The Kier molecular flexibility index (Phi) is 7.15. The van der Waals surface area contributed by atoms with Gasteiger partial charge in [0.05, 0.1) is 13.1 Å². The van der Waals surface area contributed by atoms with E-state index >= 15 is 0 Å². The fraction of sp³-hybridized carbons (Fsp3) is 0.375. The summed E-state index contributed by atoms with van der Waals surface area (Å²) in [4.78, 5) is 9.57. The maximum absolute atomic E-state index is 14.6. The molecule has 3 heterocycles. The van der Waals surface area contributed by atoms with Crippen LogP contribution in [0.1, 0.15) is 11.4 Å². The number of anilines is 1. The first kappa shape index (κ1) is 24.8. The van der Waals surface area contributed by atoms with Crippen LogP contribution in [-0.2, 0) is 25.1 Å². The first-order valence-electron chi connectivity index (χ1n) is 11.9.